The third kappa shape index (κ3) is 3.68. The van der Waals surface area contributed by atoms with Crippen LogP contribution in [0.1, 0.15) is 0 Å². The lowest BCUT2D eigenvalue weighted by molar-refractivity contribution is -0.507. The van der Waals surface area contributed by atoms with Crippen molar-refractivity contribution in [3.8, 4) is 0 Å². The highest BCUT2D eigenvalue weighted by molar-refractivity contribution is 5.62. The predicted molar refractivity (Wildman–Crippen MR) is 63.3 cm³/mol. The molecule has 1 aromatic rings. The van der Waals surface area contributed by atoms with Gasteiger partial charge in [0.1, 0.15) is 6.21 Å². The van der Waals surface area contributed by atoms with Gasteiger partial charge in [0.05, 0.1) is 4.92 Å². The molecule has 0 aromatic heterocycles. The number of nitrogens with zero attached hydrogens (tertiary/aromatic N) is 3. The van der Waals surface area contributed by atoms with Crippen LogP contribution in [-0.4, -0.2) is 22.2 Å². The number of hydrazine groups is 1. The number of benzene rings is 1. The van der Waals surface area contributed by atoms with Gasteiger partial charge in [-0.3, -0.25) is 20.2 Å². The Hall–Kier alpha value is -2.75. The van der Waals surface area contributed by atoms with Crippen LogP contribution in [0.4, 0.5) is 11.4 Å². The highest BCUT2D eigenvalue weighted by Crippen LogP contribution is 2.14. The van der Waals surface area contributed by atoms with Gasteiger partial charge in [0.2, 0.25) is 0 Å². The third-order valence-corrected chi connectivity index (χ3v) is 1.90. The number of anilines is 1. The molecule has 0 amide bonds. The molecule has 0 heterocycles. The van der Waals surface area contributed by atoms with Crippen molar-refractivity contribution in [1.82, 2.24) is 5.43 Å². The third-order valence-electron chi connectivity index (χ3n) is 1.90. The number of nitro benzene ring substituents is 1. The van der Waals surface area contributed by atoms with Crippen LogP contribution in [-0.2, 0) is 0 Å². The minimum absolute atomic E-state index is 0.0742. The van der Waals surface area contributed by atoms with Crippen molar-refractivity contribution in [3.05, 3.63) is 44.5 Å². The minimum atomic E-state index is -1.30. The van der Waals surface area contributed by atoms with Gasteiger partial charge in [-0.15, -0.1) is 0 Å². The van der Waals surface area contributed by atoms with Gasteiger partial charge in [-0.1, -0.05) is 0 Å². The van der Waals surface area contributed by atoms with Crippen molar-refractivity contribution >= 4 is 17.6 Å². The average Bonchev–Trinajstić information content (AvgIpc) is 2.34. The first-order valence-electron chi connectivity index (χ1n) is 4.67. The maximum absolute atomic E-state index is 10.5. The van der Waals surface area contributed by atoms with E-state index in [9.17, 15) is 20.2 Å². The van der Waals surface area contributed by atoms with E-state index in [4.69, 9.17) is 5.84 Å². The van der Waals surface area contributed by atoms with E-state index < -0.39 is 16.0 Å². The van der Waals surface area contributed by atoms with Crippen molar-refractivity contribution in [2.45, 2.75) is 6.17 Å². The van der Waals surface area contributed by atoms with Gasteiger partial charge in [0.15, 0.2) is 0 Å². The summed E-state index contributed by atoms with van der Waals surface area (Å²) in [5, 5.41) is 24.0. The zero-order valence-corrected chi connectivity index (χ0v) is 9.02. The Morgan fingerprint density at radius 1 is 1.28 bits per heavy atom. The second-order valence-corrected chi connectivity index (χ2v) is 3.10. The fourth-order valence-electron chi connectivity index (χ4n) is 1.05. The molecular weight excluding hydrogens is 244 g/mol. The fraction of sp³-hybridized carbons (Fsp3) is 0.125. The molecule has 1 unspecified atom stereocenters. The fourth-order valence-corrected chi connectivity index (χ4v) is 1.05. The Morgan fingerprint density at radius 3 is 2.33 bits per heavy atom. The molecule has 1 atom stereocenters. The molecule has 0 aliphatic heterocycles. The summed E-state index contributed by atoms with van der Waals surface area (Å²) >= 11 is 0. The molecule has 10 nitrogen and oxygen atoms in total. The quantitative estimate of drug-likeness (QED) is 0.213. The molecule has 1 rings (SSSR count). The molecule has 18 heavy (non-hydrogen) atoms. The Morgan fingerprint density at radius 2 is 1.89 bits per heavy atom. The van der Waals surface area contributed by atoms with E-state index in [-0.39, 0.29) is 5.69 Å². The molecule has 10 heteroatoms. The Balaban J connectivity index is 2.62. The summed E-state index contributed by atoms with van der Waals surface area (Å²) in [5.41, 5.74) is 5.21. The van der Waals surface area contributed by atoms with Gasteiger partial charge in [-0.25, -0.2) is 0 Å². The lowest BCUT2D eigenvalue weighted by Crippen LogP contribution is -2.41. The van der Waals surface area contributed by atoms with E-state index in [0.29, 0.717) is 5.69 Å². The number of nitrogens with one attached hydrogen (secondary N) is 2. The van der Waals surface area contributed by atoms with Crippen LogP contribution < -0.4 is 16.7 Å². The minimum Gasteiger partial charge on any atom is -0.323 e. The van der Waals surface area contributed by atoms with Crippen molar-refractivity contribution < 1.29 is 9.85 Å². The number of hydrazone groups is 1. The Kier molecular flexibility index (Phi) is 4.51. The van der Waals surface area contributed by atoms with Crippen molar-refractivity contribution in [2.75, 3.05) is 5.43 Å². The normalized spacial score (nSPS) is 12.2. The maximum Gasteiger partial charge on any atom is 0.319 e. The van der Waals surface area contributed by atoms with Crippen LogP contribution in [0.5, 0.6) is 0 Å². The topological polar surface area (TPSA) is 149 Å². The standard InChI is InChI=1S/C8H10N6O4/c9-10-5-8(14(17)18)12-11-6-1-3-7(4-2-6)13(15)16/h1-5,8,11-12H,9H2. The molecule has 0 aliphatic rings. The summed E-state index contributed by atoms with van der Waals surface area (Å²) in [6.45, 7) is 0. The molecular formula is C8H10N6O4. The average molecular weight is 254 g/mol. The molecule has 0 aliphatic carbocycles. The lowest BCUT2D eigenvalue weighted by atomic mass is 10.3. The molecule has 0 saturated carbocycles. The zero-order chi connectivity index (χ0) is 13.5. The first-order chi connectivity index (χ1) is 8.54. The Labute approximate surface area is 101 Å². The van der Waals surface area contributed by atoms with Crippen LogP contribution >= 0.6 is 0 Å². The van der Waals surface area contributed by atoms with Gasteiger partial charge in [0.25, 0.3) is 5.69 Å². The van der Waals surface area contributed by atoms with Crippen LogP contribution in [0.25, 0.3) is 0 Å². The molecule has 0 spiro atoms. The van der Waals surface area contributed by atoms with Crippen LogP contribution in [0, 0.1) is 20.2 Å². The van der Waals surface area contributed by atoms with E-state index in [1.165, 1.54) is 24.3 Å². The molecule has 0 radical (unpaired) electrons. The van der Waals surface area contributed by atoms with Gasteiger partial charge >= 0.3 is 6.17 Å². The first-order valence-corrected chi connectivity index (χ1v) is 4.67. The molecule has 4 N–H and O–H groups in total. The number of rotatable bonds is 6. The van der Waals surface area contributed by atoms with Gasteiger partial charge in [0, 0.05) is 22.7 Å². The van der Waals surface area contributed by atoms with Crippen LogP contribution in [0.2, 0.25) is 0 Å². The monoisotopic (exact) mass is 254 g/mol. The van der Waals surface area contributed by atoms with Gasteiger partial charge in [-0.05, 0) is 12.1 Å². The van der Waals surface area contributed by atoms with Gasteiger partial charge < -0.3 is 11.3 Å². The smallest absolute Gasteiger partial charge is 0.319 e. The molecule has 0 bridgehead atoms. The van der Waals surface area contributed by atoms with E-state index in [1.807, 2.05) is 0 Å². The molecule has 96 valence electrons. The molecule has 0 saturated heterocycles. The number of hydrogen-bond donors (Lipinski definition) is 3. The number of nitro groups is 2. The summed E-state index contributed by atoms with van der Waals surface area (Å²) in [4.78, 5) is 19.7. The van der Waals surface area contributed by atoms with Crippen molar-refractivity contribution in [2.24, 2.45) is 10.9 Å². The summed E-state index contributed by atoms with van der Waals surface area (Å²) < 4.78 is 0. The SMILES string of the molecule is NN=CC(NNc1ccc([N+](=O)[O-])cc1)[N+](=O)[O-]. The van der Waals surface area contributed by atoms with Gasteiger partial charge in [-0.2, -0.15) is 10.5 Å². The molecule has 1 aromatic carbocycles. The second kappa shape index (κ2) is 6.10. The summed E-state index contributed by atoms with van der Waals surface area (Å²) in [5.74, 6) is 4.81. The number of nitrogens with two attached hydrogens (primary N) is 1. The summed E-state index contributed by atoms with van der Waals surface area (Å²) in [7, 11) is 0. The highest BCUT2D eigenvalue weighted by Gasteiger charge is 2.15. The lowest BCUT2D eigenvalue weighted by Gasteiger charge is -2.09. The summed E-state index contributed by atoms with van der Waals surface area (Å²) in [6.07, 6.45) is -0.400. The Bertz CT molecular complexity index is 459. The van der Waals surface area contributed by atoms with Crippen LogP contribution in [0.15, 0.2) is 29.4 Å². The van der Waals surface area contributed by atoms with E-state index >= 15 is 0 Å². The van der Waals surface area contributed by atoms with E-state index in [2.05, 4.69) is 16.0 Å². The largest absolute Gasteiger partial charge is 0.323 e. The summed E-state index contributed by atoms with van der Waals surface area (Å²) in [6, 6.07) is 5.34. The maximum atomic E-state index is 10.5. The second-order valence-electron chi connectivity index (χ2n) is 3.10. The highest BCUT2D eigenvalue weighted by atomic mass is 16.6. The first kappa shape index (κ1) is 13.3. The van der Waals surface area contributed by atoms with Crippen molar-refractivity contribution in [3.63, 3.8) is 0 Å². The number of non-ortho nitro benzene ring substituents is 1. The molecule has 0 fully saturated rings. The van der Waals surface area contributed by atoms with E-state index in [1.54, 1.807) is 0 Å². The zero-order valence-electron chi connectivity index (χ0n) is 9.02. The predicted octanol–water partition coefficient (Wildman–Crippen LogP) is 0.0586. The van der Waals surface area contributed by atoms with E-state index in [0.717, 1.165) is 6.21 Å². The van der Waals surface area contributed by atoms with Crippen LogP contribution in [0.3, 0.4) is 0 Å². The number of hydrogen-bond acceptors (Lipinski definition) is 8. The van der Waals surface area contributed by atoms with Crippen molar-refractivity contribution in [1.29, 1.82) is 0 Å².